The second-order valence-corrected chi connectivity index (χ2v) is 5.64. The standard InChI is InChI=1S/C13H17IN2O3/c1-8(2)11(7-14)15-13(17)10-6-9(3)4-5-12(10)16(18)19/h4-6,8,11H,7H2,1-3H3,(H,15,17). The number of rotatable bonds is 5. The zero-order chi connectivity index (χ0) is 14.6. The number of nitro groups is 1. The molecule has 1 N–H and O–H groups in total. The Morgan fingerprint density at radius 3 is 2.58 bits per heavy atom. The van der Waals surface area contributed by atoms with E-state index in [2.05, 4.69) is 27.9 Å². The Bertz CT molecular complexity index is 489. The molecular formula is C13H17IN2O3. The van der Waals surface area contributed by atoms with Crippen LogP contribution in [-0.2, 0) is 0 Å². The van der Waals surface area contributed by atoms with Crippen molar-refractivity contribution in [2.24, 2.45) is 5.92 Å². The fraction of sp³-hybridized carbons (Fsp3) is 0.462. The molecule has 5 nitrogen and oxygen atoms in total. The summed E-state index contributed by atoms with van der Waals surface area (Å²) in [5.41, 5.74) is 0.797. The van der Waals surface area contributed by atoms with E-state index in [-0.39, 0.29) is 29.1 Å². The molecular weight excluding hydrogens is 359 g/mol. The fourth-order valence-corrected chi connectivity index (χ4v) is 2.86. The van der Waals surface area contributed by atoms with Crippen LogP contribution in [0.25, 0.3) is 0 Å². The van der Waals surface area contributed by atoms with Crippen LogP contribution in [0.4, 0.5) is 5.69 Å². The Kier molecular flexibility index (Phi) is 5.71. The first-order valence-corrected chi connectivity index (χ1v) is 7.51. The molecule has 1 amide bonds. The molecule has 0 spiro atoms. The SMILES string of the molecule is Cc1ccc([N+](=O)[O-])c(C(=O)NC(CI)C(C)C)c1. The molecule has 0 aliphatic carbocycles. The van der Waals surface area contributed by atoms with Crippen LogP contribution in [0, 0.1) is 23.0 Å². The first-order valence-electron chi connectivity index (χ1n) is 5.98. The molecule has 104 valence electrons. The van der Waals surface area contributed by atoms with Crippen molar-refractivity contribution < 1.29 is 9.72 Å². The van der Waals surface area contributed by atoms with Gasteiger partial charge in [-0.2, -0.15) is 0 Å². The van der Waals surface area contributed by atoms with Crippen molar-refractivity contribution in [2.75, 3.05) is 4.43 Å². The quantitative estimate of drug-likeness (QED) is 0.372. The van der Waals surface area contributed by atoms with E-state index in [1.165, 1.54) is 6.07 Å². The normalized spacial score (nSPS) is 12.3. The Hall–Kier alpha value is -1.18. The molecule has 1 rings (SSSR count). The highest BCUT2D eigenvalue weighted by atomic mass is 127. The van der Waals surface area contributed by atoms with Gasteiger partial charge in [0.1, 0.15) is 5.56 Å². The maximum absolute atomic E-state index is 12.2. The molecule has 1 aromatic rings. The minimum atomic E-state index is -0.525. The molecule has 6 heteroatoms. The first-order chi connectivity index (χ1) is 8.86. The number of benzene rings is 1. The van der Waals surface area contributed by atoms with E-state index in [4.69, 9.17) is 0 Å². The van der Waals surface area contributed by atoms with Gasteiger partial charge in [-0.3, -0.25) is 14.9 Å². The number of nitro benzene ring substituents is 1. The third-order valence-corrected chi connectivity index (χ3v) is 3.83. The molecule has 0 aromatic heterocycles. The van der Waals surface area contributed by atoms with Crippen molar-refractivity contribution in [3.8, 4) is 0 Å². The average Bonchev–Trinajstić information content (AvgIpc) is 2.34. The van der Waals surface area contributed by atoms with Gasteiger partial charge in [-0.25, -0.2) is 0 Å². The highest BCUT2D eigenvalue weighted by Gasteiger charge is 2.23. The van der Waals surface area contributed by atoms with E-state index in [9.17, 15) is 14.9 Å². The van der Waals surface area contributed by atoms with Gasteiger partial charge in [0.05, 0.1) is 4.92 Å². The minimum absolute atomic E-state index is 0.00761. The molecule has 0 saturated heterocycles. The first kappa shape index (κ1) is 15.9. The summed E-state index contributed by atoms with van der Waals surface area (Å²) in [6, 6.07) is 4.57. The van der Waals surface area contributed by atoms with Gasteiger partial charge in [0, 0.05) is 16.5 Å². The summed E-state index contributed by atoms with van der Waals surface area (Å²) in [6.45, 7) is 5.82. The molecule has 0 aliphatic heterocycles. The largest absolute Gasteiger partial charge is 0.348 e. The van der Waals surface area contributed by atoms with E-state index in [1.54, 1.807) is 19.1 Å². The van der Waals surface area contributed by atoms with Crippen LogP contribution < -0.4 is 5.32 Å². The second-order valence-electron chi connectivity index (χ2n) is 4.76. The summed E-state index contributed by atoms with van der Waals surface area (Å²) in [5, 5.41) is 13.8. The summed E-state index contributed by atoms with van der Waals surface area (Å²) < 4.78 is 0.765. The summed E-state index contributed by atoms with van der Waals surface area (Å²) in [5.74, 6) is -0.101. The predicted octanol–water partition coefficient (Wildman–Crippen LogP) is 3.09. The molecule has 1 atom stereocenters. The van der Waals surface area contributed by atoms with E-state index >= 15 is 0 Å². The van der Waals surface area contributed by atoms with Crippen molar-refractivity contribution in [3.05, 3.63) is 39.4 Å². The molecule has 0 aliphatic rings. The van der Waals surface area contributed by atoms with Gasteiger partial charge in [-0.15, -0.1) is 0 Å². The van der Waals surface area contributed by atoms with E-state index in [1.807, 2.05) is 13.8 Å². The maximum atomic E-state index is 12.2. The molecule has 0 saturated carbocycles. The zero-order valence-electron chi connectivity index (χ0n) is 11.1. The maximum Gasteiger partial charge on any atom is 0.282 e. The minimum Gasteiger partial charge on any atom is -0.348 e. The molecule has 0 radical (unpaired) electrons. The van der Waals surface area contributed by atoms with Gasteiger partial charge in [0.15, 0.2) is 0 Å². The van der Waals surface area contributed by atoms with Crippen LogP contribution in [0.5, 0.6) is 0 Å². The van der Waals surface area contributed by atoms with Crippen LogP contribution in [0.15, 0.2) is 18.2 Å². The molecule has 0 fully saturated rings. The monoisotopic (exact) mass is 376 g/mol. The molecule has 19 heavy (non-hydrogen) atoms. The molecule has 0 heterocycles. The lowest BCUT2D eigenvalue weighted by atomic mass is 10.0. The van der Waals surface area contributed by atoms with Gasteiger partial charge in [0.25, 0.3) is 11.6 Å². The number of carbonyl (C=O) groups is 1. The number of carbonyl (C=O) groups excluding carboxylic acids is 1. The Labute approximate surface area is 126 Å². The number of nitrogens with zero attached hydrogens (tertiary/aromatic N) is 1. The number of alkyl halides is 1. The van der Waals surface area contributed by atoms with E-state index < -0.39 is 4.92 Å². The van der Waals surface area contributed by atoms with E-state index in [0.29, 0.717) is 0 Å². The lowest BCUT2D eigenvalue weighted by Gasteiger charge is -2.20. The number of nitrogens with one attached hydrogen (secondary N) is 1. The third kappa shape index (κ3) is 4.15. The van der Waals surface area contributed by atoms with Gasteiger partial charge < -0.3 is 5.32 Å². The van der Waals surface area contributed by atoms with Crippen LogP contribution >= 0.6 is 22.6 Å². The third-order valence-electron chi connectivity index (χ3n) is 2.88. The topological polar surface area (TPSA) is 72.2 Å². The summed E-state index contributed by atoms with van der Waals surface area (Å²) in [7, 11) is 0. The number of hydrogen-bond donors (Lipinski definition) is 1. The van der Waals surface area contributed by atoms with Crippen molar-refractivity contribution >= 4 is 34.2 Å². The Morgan fingerprint density at radius 2 is 2.11 bits per heavy atom. The number of hydrogen-bond acceptors (Lipinski definition) is 3. The highest BCUT2D eigenvalue weighted by molar-refractivity contribution is 14.1. The summed E-state index contributed by atoms with van der Waals surface area (Å²) in [4.78, 5) is 22.6. The van der Waals surface area contributed by atoms with Gasteiger partial charge in [0.2, 0.25) is 0 Å². The molecule has 1 unspecified atom stereocenters. The molecule has 1 aromatic carbocycles. The number of amides is 1. The smallest absolute Gasteiger partial charge is 0.282 e. The van der Waals surface area contributed by atoms with Gasteiger partial charge in [-0.05, 0) is 24.5 Å². The predicted molar refractivity (Wildman–Crippen MR) is 82.8 cm³/mol. The van der Waals surface area contributed by atoms with Crippen molar-refractivity contribution in [2.45, 2.75) is 26.8 Å². The lowest BCUT2D eigenvalue weighted by molar-refractivity contribution is -0.385. The lowest BCUT2D eigenvalue weighted by Crippen LogP contribution is -2.39. The van der Waals surface area contributed by atoms with Crippen LogP contribution in [0.1, 0.15) is 29.8 Å². The van der Waals surface area contributed by atoms with Gasteiger partial charge >= 0.3 is 0 Å². The van der Waals surface area contributed by atoms with Crippen molar-refractivity contribution in [1.29, 1.82) is 0 Å². The van der Waals surface area contributed by atoms with Crippen molar-refractivity contribution in [3.63, 3.8) is 0 Å². The fourth-order valence-electron chi connectivity index (χ4n) is 1.62. The Balaban J connectivity index is 3.05. The molecule has 0 bridgehead atoms. The highest BCUT2D eigenvalue weighted by Crippen LogP contribution is 2.20. The van der Waals surface area contributed by atoms with E-state index in [0.717, 1.165) is 9.99 Å². The second kappa shape index (κ2) is 6.83. The van der Waals surface area contributed by atoms with Crippen LogP contribution in [0.3, 0.4) is 0 Å². The number of halogens is 1. The van der Waals surface area contributed by atoms with Crippen molar-refractivity contribution in [1.82, 2.24) is 5.32 Å². The van der Waals surface area contributed by atoms with Crippen LogP contribution in [-0.4, -0.2) is 21.3 Å². The van der Waals surface area contributed by atoms with Crippen LogP contribution in [0.2, 0.25) is 0 Å². The average molecular weight is 376 g/mol. The summed E-state index contributed by atoms with van der Waals surface area (Å²) >= 11 is 2.20. The Morgan fingerprint density at radius 1 is 1.47 bits per heavy atom. The zero-order valence-corrected chi connectivity index (χ0v) is 13.3. The summed E-state index contributed by atoms with van der Waals surface area (Å²) in [6.07, 6.45) is 0. The number of aryl methyl sites for hydroxylation is 1. The van der Waals surface area contributed by atoms with Gasteiger partial charge in [-0.1, -0.05) is 42.5 Å².